The third-order valence-corrected chi connectivity index (χ3v) is 2.55. The van der Waals surface area contributed by atoms with Crippen LogP contribution in [0, 0.1) is 0 Å². The lowest BCUT2D eigenvalue weighted by Gasteiger charge is -2.01. The van der Waals surface area contributed by atoms with Gasteiger partial charge in [0.05, 0.1) is 9.52 Å². The summed E-state index contributed by atoms with van der Waals surface area (Å²) in [6, 6.07) is 9.44. The molecule has 1 aromatic rings. The fourth-order valence-corrected chi connectivity index (χ4v) is 1.76. The van der Waals surface area contributed by atoms with Gasteiger partial charge in [-0.25, -0.2) is 0 Å². The van der Waals surface area contributed by atoms with E-state index in [0.29, 0.717) is 0 Å². The van der Waals surface area contributed by atoms with Crippen molar-refractivity contribution in [2.45, 2.75) is 5.79 Å². The Kier molecular flexibility index (Phi) is 4.10. The lowest BCUT2D eigenvalue weighted by atomic mass is 10.4. The highest BCUT2D eigenvalue weighted by atomic mass is 28.2. The zero-order valence-corrected chi connectivity index (χ0v) is 8.15. The van der Waals surface area contributed by atoms with Gasteiger partial charge >= 0.3 is 0 Å². The number of rotatable bonds is 4. The first-order valence-electron chi connectivity index (χ1n) is 3.77. The molecule has 2 radical (unpaired) electrons. The average molecular weight is 202 g/mol. The van der Waals surface area contributed by atoms with E-state index in [-0.39, 0.29) is 9.52 Å². The van der Waals surface area contributed by atoms with E-state index in [2.05, 4.69) is 20.1 Å². The maximum atomic E-state index is 8.22. The number of nitrogens with zero attached hydrogens (tertiary/aromatic N) is 6. The number of hydrogen-bond acceptors (Lipinski definition) is 2. The fourth-order valence-electron chi connectivity index (χ4n) is 0.862. The monoisotopic (exact) mass is 202 g/mol. The van der Waals surface area contributed by atoms with Crippen LogP contribution in [0.2, 0.25) is 0 Å². The quantitative estimate of drug-likeness (QED) is 0.308. The summed E-state index contributed by atoms with van der Waals surface area (Å²) in [5.41, 5.74) is 16.4. The molecule has 0 aromatic heterocycles. The molecule has 0 aliphatic heterocycles. The predicted molar refractivity (Wildman–Crippen MR) is 53.9 cm³/mol. The van der Waals surface area contributed by atoms with E-state index in [1.54, 1.807) is 0 Å². The maximum Gasteiger partial charge on any atom is 0.109 e. The third kappa shape index (κ3) is 3.20. The average Bonchev–Trinajstić information content (AvgIpc) is 2.20. The topological polar surface area (TPSA) is 97.5 Å². The van der Waals surface area contributed by atoms with Crippen LogP contribution in [0.5, 0.6) is 0 Å². The van der Waals surface area contributed by atoms with Crippen molar-refractivity contribution in [2.24, 2.45) is 10.2 Å². The second-order valence-corrected chi connectivity index (χ2v) is 3.68. The summed E-state index contributed by atoms with van der Waals surface area (Å²) < 4.78 is 0. The molecule has 14 heavy (non-hydrogen) atoms. The first-order valence-corrected chi connectivity index (χ1v) is 4.84. The first-order chi connectivity index (χ1) is 6.86. The van der Waals surface area contributed by atoms with Gasteiger partial charge in [0.15, 0.2) is 0 Å². The second kappa shape index (κ2) is 5.66. The van der Waals surface area contributed by atoms with Crippen molar-refractivity contribution >= 4 is 14.7 Å². The largest absolute Gasteiger partial charge is 0.109 e. The number of hydrogen-bond donors (Lipinski definition) is 0. The van der Waals surface area contributed by atoms with Crippen molar-refractivity contribution in [2.75, 3.05) is 0 Å². The molecule has 7 heteroatoms. The molecule has 0 N–H and O–H groups in total. The Morgan fingerprint density at radius 3 is 2.14 bits per heavy atom. The Morgan fingerprint density at radius 1 is 1.07 bits per heavy atom. The van der Waals surface area contributed by atoms with Crippen molar-refractivity contribution in [1.82, 2.24) is 0 Å². The molecule has 0 amide bonds. The van der Waals surface area contributed by atoms with Gasteiger partial charge in [0.1, 0.15) is 5.79 Å². The van der Waals surface area contributed by atoms with Gasteiger partial charge in [-0.15, -0.1) is 0 Å². The van der Waals surface area contributed by atoms with Gasteiger partial charge in [-0.3, -0.25) is 0 Å². The predicted octanol–water partition coefficient (Wildman–Crippen LogP) is 1.92. The van der Waals surface area contributed by atoms with Crippen LogP contribution in [0.25, 0.3) is 20.9 Å². The summed E-state index contributed by atoms with van der Waals surface area (Å²) in [5.74, 6) is -0.660. The minimum Gasteiger partial charge on any atom is -0.0877 e. The Labute approximate surface area is 82.6 Å². The van der Waals surface area contributed by atoms with E-state index in [1.165, 1.54) is 0 Å². The molecule has 0 fully saturated rings. The summed E-state index contributed by atoms with van der Waals surface area (Å²) in [6.07, 6.45) is 0. The van der Waals surface area contributed by atoms with Gasteiger partial charge in [0.25, 0.3) is 0 Å². The van der Waals surface area contributed by atoms with Crippen LogP contribution in [-0.4, -0.2) is 15.3 Å². The standard InChI is InChI=1S/C7H6N6Si/c8-12-10-7(11-13-9)14-6-4-2-1-3-5-6/h1-5,7H. The molecule has 0 spiro atoms. The Bertz CT molecular complexity index is 360. The minimum atomic E-state index is -0.660. The van der Waals surface area contributed by atoms with Gasteiger partial charge < -0.3 is 0 Å². The lowest BCUT2D eigenvalue weighted by Crippen LogP contribution is -2.24. The van der Waals surface area contributed by atoms with Gasteiger partial charge in [0, 0.05) is 9.82 Å². The summed E-state index contributed by atoms with van der Waals surface area (Å²) in [4.78, 5) is 5.24. The molecular formula is C7H6N6Si. The van der Waals surface area contributed by atoms with Crippen LogP contribution in [0.15, 0.2) is 40.6 Å². The van der Waals surface area contributed by atoms with E-state index in [9.17, 15) is 0 Å². The van der Waals surface area contributed by atoms with Crippen molar-refractivity contribution < 1.29 is 0 Å². The van der Waals surface area contributed by atoms with Crippen molar-refractivity contribution in [1.29, 1.82) is 0 Å². The van der Waals surface area contributed by atoms with E-state index in [0.717, 1.165) is 5.19 Å². The van der Waals surface area contributed by atoms with Crippen molar-refractivity contribution in [3.05, 3.63) is 51.2 Å². The Morgan fingerprint density at radius 2 is 1.64 bits per heavy atom. The molecule has 1 aromatic carbocycles. The van der Waals surface area contributed by atoms with E-state index in [4.69, 9.17) is 11.1 Å². The molecule has 0 saturated carbocycles. The summed E-state index contributed by atoms with van der Waals surface area (Å²) in [7, 11) is 0.168. The molecule has 0 aliphatic rings. The molecule has 6 nitrogen and oxygen atoms in total. The van der Waals surface area contributed by atoms with Crippen LogP contribution < -0.4 is 5.19 Å². The summed E-state index contributed by atoms with van der Waals surface area (Å²) >= 11 is 0. The zero-order valence-electron chi connectivity index (χ0n) is 7.15. The normalized spacial score (nSPS) is 10.9. The molecule has 0 aliphatic carbocycles. The van der Waals surface area contributed by atoms with Gasteiger partial charge in [-0.1, -0.05) is 45.7 Å². The molecule has 1 rings (SSSR count). The SMILES string of the molecule is [N-]=[N+]=NC(N=[N+]=[N-])[Si]c1ccccc1. The Balaban J connectivity index is 2.74. The third-order valence-electron chi connectivity index (χ3n) is 1.39. The summed E-state index contributed by atoms with van der Waals surface area (Å²) in [5, 5.41) is 7.76. The van der Waals surface area contributed by atoms with Crippen LogP contribution in [0.3, 0.4) is 0 Å². The molecule has 0 unspecified atom stereocenters. The molecular weight excluding hydrogens is 196 g/mol. The van der Waals surface area contributed by atoms with E-state index < -0.39 is 5.79 Å². The van der Waals surface area contributed by atoms with Crippen LogP contribution in [0.4, 0.5) is 0 Å². The van der Waals surface area contributed by atoms with Gasteiger partial charge in [-0.05, 0) is 11.1 Å². The van der Waals surface area contributed by atoms with Crippen LogP contribution in [0.1, 0.15) is 0 Å². The van der Waals surface area contributed by atoms with Crippen molar-refractivity contribution in [3.63, 3.8) is 0 Å². The highest BCUT2D eigenvalue weighted by Crippen LogP contribution is 1.93. The van der Waals surface area contributed by atoms with Crippen molar-refractivity contribution in [3.8, 4) is 0 Å². The number of benzene rings is 1. The lowest BCUT2D eigenvalue weighted by molar-refractivity contribution is 0.932. The molecule has 68 valence electrons. The highest BCUT2D eigenvalue weighted by molar-refractivity contribution is 6.55. The first kappa shape index (κ1) is 10.1. The fraction of sp³-hybridized carbons (Fsp3) is 0.143. The van der Waals surface area contributed by atoms with E-state index >= 15 is 0 Å². The number of azide groups is 1. The summed E-state index contributed by atoms with van der Waals surface area (Å²) in [6.45, 7) is 0. The smallest absolute Gasteiger partial charge is 0.0877 e. The van der Waals surface area contributed by atoms with Gasteiger partial charge in [-0.2, -0.15) is 0 Å². The molecule has 0 bridgehead atoms. The molecule has 0 saturated heterocycles. The zero-order chi connectivity index (χ0) is 10.2. The maximum absolute atomic E-state index is 8.22. The van der Waals surface area contributed by atoms with Crippen LogP contribution in [-0.2, 0) is 0 Å². The van der Waals surface area contributed by atoms with Crippen LogP contribution >= 0.6 is 0 Å². The molecule has 0 atom stereocenters. The highest BCUT2D eigenvalue weighted by Gasteiger charge is 2.05. The Hall–Kier alpha value is -1.94. The minimum absolute atomic E-state index is 0.168. The second-order valence-electron chi connectivity index (χ2n) is 2.29. The van der Waals surface area contributed by atoms with E-state index in [1.807, 2.05) is 30.3 Å². The molecule has 0 heterocycles. The van der Waals surface area contributed by atoms with Gasteiger partial charge in [0.2, 0.25) is 0 Å².